The third-order valence-electron chi connectivity index (χ3n) is 4.63. The Morgan fingerprint density at radius 2 is 1.84 bits per heavy atom. The molecule has 172 valence electrons. The van der Waals surface area contributed by atoms with Crippen molar-refractivity contribution in [2.75, 3.05) is 44.8 Å². The number of anilines is 1. The minimum Gasteiger partial charge on any atom is -0.473 e. The molecular formula is C19H26N2O9S. The summed E-state index contributed by atoms with van der Waals surface area (Å²) in [7, 11) is 0. The van der Waals surface area contributed by atoms with Crippen molar-refractivity contribution in [3.63, 3.8) is 0 Å². The molecular weight excluding hydrogens is 432 g/mol. The Balaban J connectivity index is 0.000000501. The standard InChI is InChI=1S/C17H24N2O5S.C2H2O4/c1-2-24-17(22)14-11-4-3-5-12(20)15(11)25-16(14)18-13(21)10-19-6-8-23-9-7-19;3-1(4)2(5)6/h12,20H,2-10H2,1H3,(H,18,21);(H,3,4)(H,5,6). The Bertz CT molecular complexity index is 806. The van der Waals surface area contributed by atoms with Crippen LogP contribution < -0.4 is 5.32 Å². The van der Waals surface area contributed by atoms with Crippen molar-refractivity contribution in [2.24, 2.45) is 0 Å². The number of nitrogens with zero attached hydrogens (tertiary/aromatic N) is 1. The Labute approximate surface area is 182 Å². The number of fused-ring (bicyclic) bond motifs is 1. The van der Waals surface area contributed by atoms with Gasteiger partial charge in [0, 0.05) is 18.0 Å². The predicted octanol–water partition coefficient (Wildman–Crippen LogP) is 0.721. The van der Waals surface area contributed by atoms with E-state index in [9.17, 15) is 14.7 Å². The van der Waals surface area contributed by atoms with E-state index in [4.69, 9.17) is 29.3 Å². The summed E-state index contributed by atoms with van der Waals surface area (Å²) in [4.78, 5) is 45.8. The van der Waals surface area contributed by atoms with Gasteiger partial charge in [-0.25, -0.2) is 14.4 Å². The Hall–Kier alpha value is -2.54. The van der Waals surface area contributed by atoms with E-state index in [1.165, 1.54) is 11.3 Å². The molecule has 0 spiro atoms. The highest BCUT2D eigenvalue weighted by atomic mass is 32.1. The van der Waals surface area contributed by atoms with Crippen molar-refractivity contribution in [1.82, 2.24) is 4.90 Å². The van der Waals surface area contributed by atoms with E-state index in [-0.39, 0.29) is 19.1 Å². The van der Waals surface area contributed by atoms with Gasteiger partial charge in [0.15, 0.2) is 0 Å². The number of nitrogens with one attached hydrogen (secondary N) is 1. The van der Waals surface area contributed by atoms with E-state index < -0.39 is 24.0 Å². The molecule has 2 heterocycles. The average molecular weight is 458 g/mol. The SMILES string of the molecule is CCOC(=O)c1c(NC(=O)CN2CCOCC2)sc2c1CCCC2O.O=C(O)C(=O)O. The molecule has 1 unspecified atom stereocenters. The number of carboxylic acids is 2. The van der Waals surface area contributed by atoms with Gasteiger partial charge in [-0.2, -0.15) is 0 Å². The molecule has 12 heteroatoms. The molecule has 0 radical (unpaired) electrons. The van der Waals surface area contributed by atoms with E-state index in [2.05, 4.69) is 5.32 Å². The molecule has 1 fully saturated rings. The summed E-state index contributed by atoms with van der Waals surface area (Å²) in [5, 5.41) is 28.4. The van der Waals surface area contributed by atoms with Crippen molar-refractivity contribution in [2.45, 2.75) is 32.3 Å². The summed E-state index contributed by atoms with van der Waals surface area (Å²) in [6.45, 7) is 4.98. The topological polar surface area (TPSA) is 163 Å². The minimum absolute atomic E-state index is 0.166. The number of esters is 1. The molecule has 2 aliphatic rings. The molecule has 31 heavy (non-hydrogen) atoms. The van der Waals surface area contributed by atoms with Gasteiger partial charge >= 0.3 is 17.9 Å². The second-order valence-electron chi connectivity index (χ2n) is 6.82. The number of ether oxygens (including phenoxy) is 2. The number of hydrogen-bond acceptors (Lipinski definition) is 9. The lowest BCUT2D eigenvalue weighted by Crippen LogP contribution is -2.41. The zero-order valence-electron chi connectivity index (χ0n) is 17.1. The minimum atomic E-state index is -1.82. The fraction of sp³-hybridized carbons (Fsp3) is 0.579. The van der Waals surface area contributed by atoms with Crippen LogP contribution in [0.15, 0.2) is 0 Å². The number of aliphatic hydroxyl groups is 1. The maximum atomic E-state index is 12.4. The molecule has 1 aromatic rings. The van der Waals surface area contributed by atoms with Crippen LogP contribution in [-0.4, -0.2) is 83.5 Å². The van der Waals surface area contributed by atoms with E-state index in [1.54, 1.807) is 6.92 Å². The first-order chi connectivity index (χ1) is 14.7. The highest BCUT2D eigenvalue weighted by molar-refractivity contribution is 7.17. The number of morpholine rings is 1. The number of aliphatic hydroxyl groups excluding tert-OH is 1. The number of hydrogen-bond donors (Lipinski definition) is 4. The van der Waals surface area contributed by atoms with Crippen LogP contribution in [0.2, 0.25) is 0 Å². The second kappa shape index (κ2) is 11.7. The third kappa shape index (κ3) is 6.99. The lowest BCUT2D eigenvalue weighted by molar-refractivity contribution is -0.159. The molecule has 0 aromatic carbocycles. The molecule has 1 saturated heterocycles. The van der Waals surface area contributed by atoms with Crippen LogP contribution in [-0.2, 0) is 30.3 Å². The lowest BCUT2D eigenvalue weighted by atomic mass is 9.93. The van der Waals surface area contributed by atoms with Gasteiger partial charge < -0.3 is 30.1 Å². The molecule has 1 amide bonds. The zero-order valence-corrected chi connectivity index (χ0v) is 17.9. The van der Waals surface area contributed by atoms with Gasteiger partial charge in [-0.1, -0.05) is 0 Å². The first kappa shape index (κ1) is 24.7. The monoisotopic (exact) mass is 458 g/mol. The van der Waals surface area contributed by atoms with E-state index in [1.807, 2.05) is 4.90 Å². The quantitative estimate of drug-likeness (QED) is 0.365. The van der Waals surface area contributed by atoms with Crippen LogP contribution in [0.1, 0.15) is 46.7 Å². The van der Waals surface area contributed by atoms with E-state index in [0.29, 0.717) is 30.2 Å². The van der Waals surface area contributed by atoms with Crippen LogP contribution in [0, 0.1) is 0 Å². The van der Waals surface area contributed by atoms with Crippen molar-refractivity contribution in [3.8, 4) is 0 Å². The summed E-state index contributed by atoms with van der Waals surface area (Å²) >= 11 is 1.29. The van der Waals surface area contributed by atoms with Gasteiger partial charge in [0.1, 0.15) is 5.00 Å². The van der Waals surface area contributed by atoms with Crippen LogP contribution in [0.5, 0.6) is 0 Å². The maximum Gasteiger partial charge on any atom is 0.414 e. The summed E-state index contributed by atoms with van der Waals surface area (Å²) in [6.07, 6.45) is 1.64. The summed E-state index contributed by atoms with van der Waals surface area (Å²) < 4.78 is 10.5. The number of aliphatic carboxylic acids is 2. The second-order valence-corrected chi connectivity index (χ2v) is 7.88. The highest BCUT2D eigenvalue weighted by Crippen LogP contribution is 2.42. The van der Waals surface area contributed by atoms with Crippen LogP contribution in [0.4, 0.5) is 5.00 Å². The van der Waals surface area contributed by atoms with Gasteiger partial charge in [-0.3, -0.25) is 9.69 Å². The molecule has 1 atom stereocenters. The van der Waals surface area contributed by atoms with Gasteiger partial charge in [-0.05, 0) is 31.7 Å². The van der Waals surface area contributed by atoms with Crippen LogP contribution >= 0.6 is 11.3 Å². The molecule has 1 aliphatic heterocycles. The highest BCUT2D eigenvalue weighted by Gasteiger charge is 2.31. The van der Waals surface area contributed by atoms with Gasteiger partial charge in [0.2, 0.25) is 5.91 Å². The maximum absolute atomic E-state index is 12.4. The number of carboxylic acid groups (broad SMARTS) is 2. The van der Waals surface area contributed by atoms with Crippen molar-refractivity contribution in [3.05, 3.63) is 16.0 Å². The zero-order chi connectivity index (χ0) is 23.0. The molecule has 1 aliphatic carbocycles. The molecule has 11 nitrogen and oxygen atoms in total. The largest absolute Gasteiger partial charge is 0.473 e. The Kier molecular flexibility index (Phi) is 9.37. The van der Waals surface area contributed by atoms with E-state index >= 15 is 0 Å². The fourth-order valence-electron chi connectivity index (χ4n) is 3.24. The Morgan fingerprint density at radius 1 is 1.19 bits per heavy atom. The van der Waals surface area contributed by atoms with Crippen LogP contribution in [0.3, 0.4) is 0 Å². The van der Waals surface area contributed by atoms with Crippen molar-refractivity contribution in [1.29, 1.82) is 0 Å². The van der Waals surface area contributed by atoms with Crippen LogP contribution in [0.25, 0.3) is 0 Å². The first-order valence-electron chi connectivity index (χ1n) is 9.81. The summed E-state index contributed by atoms with van der Waals surface area (Å²) in [5.74, 6) is -4.25. The first-order valence-corrected chi connectivity index (χ1v) is 10.6. The molecule has 4 N–H and O–H groups in total. The molecule has 3 rings (SSSR count). The smallest absolute Gasteiger partial charge is 0.414 e. The molecule has 0 bridgehead atoms. The summed E-state index contributed by atoms with van der Waals surface area (Å²) in [6, 6.07) is 0. The number of carbonyl (C=O) groups excluding carboxylic acids is 2. The number of amides is 1. The normalized spacial score (nSPS) is 18.2. The molecule has 0 saturated carbocycles. The van der Waals surface area contributed by atoms with E-state index in [0.717, 1.165) is 36.4 Å². The lowest BCUT2D eigenvalue weighted by Gasteiger charge is -2.25. The fourth-order valence-corrected chi connectivity index (χ4v) is 4.51. The van der Waals surface area contributed by atoms with Crippen molar-refractivity contribution >= 4 is 40.2 Å². The number of thiophene rings is 1. The molecule has 1 aromatic heterocycles. The third-order valence-corrected chi connectivity index (χ3v) is 5.88. The Morgan fingerprint density at radius 3 is 2.42 bits per heavy atom. The van der Waals surface area contributed by atoms with Gasteiger partial charge in [0.05, 0.1) is 38.0 Å². The summed E-state index contributed by atoms with van der Waals surface area (Å²) in [5.41, 5.74) is 1.24. The average Bonchev–Trinajstić information content (AvgIpc) is 3.08. The van der Waals surface area contributed by atoms with Gasteiger partial charge in [0.25, 0.3) is 0 Å². The number of rotatable bonds is 5. The predicted molar refractivity (Wildman–Crippen MR) is 109 cm³/mol. The van der Waals surface area contributed by atoms with Gasteiger partial charge in [-0.15, -0.1) is 11.3 Å². The van der Waals surface area contributed by atoms with Crippen molar-refractivity contribution < 1.29 is 44.0 Å². The number of carbonyl (C=O) groups is 4.